The molecule has 2 rings (SSSR count). The molecule has 116 valence electrons. The highest BCUT2D eigenvalue weighted by Gasteiger charge is 2.14. The Morgan fingerprint density at radius 2 is 2.24 bits per heavy atom. The van der Waals surface area contributed by atoms with Crippen molar-refractivity contribution in [1.29, 1.82) is 0 Å². The minimum Gasteiger partial charge on any atom is -0.384 e. The third kappa shape index (κ3) is 6.35. The van der Waals surface area contributed by atoms with Crippen molar-refractivity contribution in [2.24, 2.45) is 0 Å². The Morgan fingerprint density at radius 1 is 1.43 bits per heavy atom. The standard InChI is InChI=1S/C15H23N3O2S/c16-13-7-3-8-14(17-13)18-15(19)11-21-10-4-9-20-12-5-1-2-6-12/h3,7-8,12H,1-2,4-6,9-11H2,(H3,16,17,18,19). The number of rotatable bonds is 8. The van der Waals surface area contributed by atoms with Crippen LogP contribution < -0.4 is 11.1 Å². The third-order valence-electron chi connectivity index (χ3n) is 3.36. The number of carbonyl (C=O) groups excluding carboxylic acids is 1. The predicted octanol–water partition coefficient (Wildman–Crippen LogP) is 2.68. The number of nitrogens with one attached hydrogen (secondary N) is 1. The van der Waals surface area contributed by atoms with E-state index >= 15 is 0 Å². The number of aromatic nitrogens is 1. The maximum atomic E-state index is 11.7. The molecule has 1 heterocycles. The monoisotopic (exact) mass is 309 g/mol. The van der Waals surface area contributed by atoms with Gasteiger partial charge in [-0.15, -0.1) is 0 Å². The minimum atomic E-state index is -0.0465. The molecule has 0 unspecified atom stereocenters. The second-order valence-corrected chi connectivity index (χ2v) is 6.28. The van der Waals surface area contributed by atoms with E-state index in [-0.39, 0.29) is 5.91 Å². The molecular weight excluding hydrogens is 286 g/mol. The van der Waals surface area contributed by atoms with Crippen molar-refractivity contribution in [3.05, 3.63) is 18.2 Å². The van der Waals surface area contributed by atoms with Gasteiger partial charge in [-0.1, -0.05) is 18.9 Å². The van der Waals surface area contributed by atoms with Crippen molar-refractivity contribution in [2.45, 2.75) is 38.2 Å². The molecule has 0 aliphatic heterocycles. The lowest BCUT2D eigenvalue weighted by Crippen LogP contribution is -2.16. The summed E-state index contributed by atoms with van der Waals surface area (Å²) < 4.78 is 5.78. The van der Waals surface area contributed by atoms with Gasteiger partial charge < -0.3 is 15.8 Å². The van der Waals surface area contributed by atoms with Crippen LogP contribution >= 0.6 is 11.8 Å². The molecule has 0 atom stereocenters. The molecule has 0 saturated heterocycles. The topological polar surface area (TPSA) is 77.2 Å². The van der Waals surface area contributed by atoms with Crippen molar-refractivity contribution in [2.75, 3.05) is 29.2 Å². The first kappa shape index (κ1) is 16.1. The molecule has 0 bridgehead atoms. The lowest BCUT2D eigenvalue weighted by Gasteiger charge is -2.10. The van der Waals surface area contributed by atoms with E-state index < -0.39 is 0 Å². The zero-order valence-corrected chi connectivity index (χ0v) is 13.0. The molecule has 1 aliphatic rings. The van der Waals surface area contributed by atoms with Crippen LogP contribution in [-0.2, 0) is 9.53 Å². The molecule has 3 N–H and O–H groups in total. The summed E-state index contributed by atoms with van der Waals surface area (Å²) in [7, 11) is 0. The van der Waals surface area contributed by atoms with Crippen LogP contribution in [0.5, 0.6) is 0 Å². The van der Waals surface area contributed by atoms with Gasteiger partial charge in [-0.25, -0.2) is 4.98 Å². The highest BCUT2D eigenvalue weighted by atomic mass is 32.2. The van der Waals surface area contributed by atoms with Gasteiger partial charge in [-0.3, -0.25) is 4.79 Å². The fourth-order valence-electron chi connectivity index (χ4n) is 2.33. The quantitative estimate of drug-likeness (QED) is 0.722. The van der Waals surface area contributed by atoms with Crippen LogP contribution in [0, 0.1) is 0 Å². The maximum Gasteiger partial charge on any atom is 0.235 e. The highest BCUT2D eigenvalue weighted by molar-refractivity contribution is 7.99. The maximum absolute atomic E-state index is 11.7. The lowest BCUT2D eigenvalue weighted by atomic mass is 10.3. The Labute approximate surface area is 130 Å². The Balaban J connectivity index is 1.51. The van der Waals surface area contributed by atoms with Crippen molar-refractivity contribution < 1.29 is 9.53 Å². The summed E-state index contributed by atoms with van der Waals surface area (Å²) in [6.45, 7) is 0.802. The SMILES string of the molecule is Nc1cccc(NC(=O)CSCCCOC2CCCC2)n1. The second-order valence-electron chi connectivity index (χ2n) is 5.18. The molecule has 1 aromatic heterocycles. The summed E-state index contributed by atoms with van der Waals surface area (Å²) in [5.74, 6) is 2.23. The third-order valence-corrected chi connectivity index (χ3v) is 4.40. The number of carbonyl (C=O) groups is 1. The molecule has 0 aromatic carbocycles. The van der Waals surface area contributed by atoms with Crippen LogP contribution in [0.15, 0.2) is 18.2 Å². The molecular formula is C15H23N3O2S. The van der Waals surface area contributed by atoms with E-state index in [2.05, 4.69) is 10.3 Å². The zero-order chi connectivity index (χ0) is 14.9. The summed E-state index contributed by atoms with van der Waals surface area (Å²) in [5, 5.41) is 2.74. The van der Waals surface area contributed by atoms with Crippen LogP contribution in [0.1, 0.15) is 32.1 Å². The number of nitrogens with zero attached hydrogens (tertiary/aromatic N) is 1. The number of amides is 1. The number of pyridine rings is 1. The number of thioether (sulfide) groups is 1. The summed E-state index contributed by atoms with van der Waals surface area (Å²) in [6.07, 6.45) is 6.50. The molecule has 1 saturated carbocycles. The fraction of sp³-hybridized carbons (Fsp3) is 0.600. The Kier molecular flexibility index (Phi) is 6.82. The summed E-state index contributed by atoms with van der Waals surface area (Å²) >= 11 is 1.62. The number of nitrogen functional groups attached to an aromatic ring is 1. The second kappa shape index (κ2) is 8.89. The molecule has 1 amide bonds. The van der Waals surface area contributed by atoms with Gasteiger partial charge in [0, 0.05) is 6.61 Å². The first-order chi connectivity index (χ1) is 10.2. The van der Waals surface area contributed by atoms with Gasteiger partial charge in [-0.2, -0.15) is 11.8 Å². The lowest BCUT2D eigenvalue weighted by molar-refractivity contribution is -0.113. The number of nitrogens with two attached hydrogens (primary N) is 1. The largest absolute Gasteiger partial charge is 0.384 e. The van der Waals surface area contributed by atoms with E-state index in [1.807, 2.05) is 0 Å². The number of ether oxygens (including phenoxy) is 1. The van der Waals surface area contributed by atoms with Gasteiger partial charge in [0.25, 0.3) is 0 Å². The van der Waals surface area contributed by atoms with E-state index in [1.165, 1.54) is 25.7 Å². The van der Waals surface area contributed by atoms with Gasteiger partial charge in [0.15, 0.2) is 0 Å². The minimum absolute atomic E-state index is 0.0465. The molecule has 1 aromatic rings. The van der Waals surface area contributed by atoms with Crippen molar-refractivity contribution in [3.63, 3.8) is 0 Å². The summed E-state index contributed by atoms with van der Waals surface area (Å²) in [6, 6.07) is 5.19. The Morgan fingerprint density at radius 3 is 3.00 bits per heavy atom. The van der Waals surface area contributed by atoms with Crippen LogP contribution in [-0.4, -0.2) is 35.1 Å². The van der Waals surface area contributed by atoms with Crippen LogP contribution in [0.4, 0.5) is 11.6 Å². The van der Waals surface area contributed by atoms with Gasteiger partial charge >= 0.3 is 0 Å². The van der Waals surface area contributed by atoms with Crippen LogP contribution in [0.3, 0.4) is 0 Å². The summed E-state index contributed by atoms with van der Waals surface area (Å²) in [5.41, 5.74) is 5.56. The van der Waals surface area contributed by atoms with E-state index in [9.17, 15) is 4.79 Å². The average Bonchev–Trinajstić information content (AvgIpc) is 2.96. The zero-order valence-electron chi connectivity index (χ0n) is 12.2. The molecule has 0 spiro atoms. The van der Waals surface area contributed by atoms with Crippen molar-refractivity contribution >= 4 is 29.3 Å². The van der Waals surface area contributed by atoms with Crippen LogP contribution in [0.2, 0.25) is 0 Å². The van der Waals surface area contributed by atoms with E-state index in [0.29, 0.717) is 23.5 Å². The first-order valence-corrected chi connectivity index (χ1v) is 8.61. The molecule has 0 radical (unpaired) electrons. The first-order valence-electron chi connectivity index (χ1n) is 7.46. The van der Waals surface area contributed by atoms with Gasteiger partial charge in [-0.05, 0) is 37.1 Å². The normalized spacial score (nSPS) is 15.2. The van der Waals surface area contributed by atoms with Gasteiger partial charge in [0.05, 0.1) is 11.9 Å². The van der Waals surface area contributed by atoms with Crippen molar-refractivity contribution in [1.82, 2.24) is 4.98 Å². The van der Waals surface area contributed by atoms with E-state index in [1.54, 1.807) is 30.0 Å². The fourth-order valence-corrected chi connectivity index (χ4v) is 3.05. The number of hydrogen-bond acceptors (Lipinski definition) is 5. The predicted molar refractivity (Wildman–Crippen MR) is 87.4 cm³/mol. The Bertz CT molecular complexity index is 450. The molecule has 5 nitrogen and oxygen atoms in total. The van der Waals surface area contributed by atoms with E-state index in [4.69, 9.17) is 10.5 Å². The number of hydrogen-bond donors (Lipinski definition) is 2. The number of anilines is 2. The highest BCUT2D eigenvalue weighted by Crippen LogP contribution is 2.21. The Hall–Kier alpha value is -1.27. The van der Waals surface area contributed by atoms with Crippen LogP contribution in [0.25, 0.3) is 0 Å². The summed E-state index contributed by atoms with van der Waals surface area (Å²) in [4.78, 5) is 15.8. The van der Waals surface area contributed by atoms with Gasteiger partial charge in [0.1, 0.15) is 11.6 Å². The molecule has 1 fully saturated rings. The van der Waals surface area contributed by atoms with E-state index in [0.717, 1.165) is 18.8 Å². The average molecular weight is 309 g/mol. The molecule has 1 aliphatic carbocycles. The molecule has 21 heavy (non-hydrogen) atoms. The van der Waals surface area contributed by atoms with Gasteiger partial charge in [0.2, 0.25) is 5.91 Å². The smallest absolute Gasteiger partial charge is 0.235 e. The molecule has 6 heteroatoms. The van der Waals surface area contributed by atoms with Crippen molar-refractivity contribution in [3.8, 4) is 0 Å².